The van der Waals surface area contributed by atoms with Crippen LogP contribution in [0, 0.1) is 0 Å². The number of carbonyl (C=O) groups is 1. The number of hydrogen-bond donors (Lipinski definition) is 3. The molecular formula is C17H18N6O. The van der Waals surface area contributed by atoms with Gasteiger partial charge in [0.25, 0.3) is 0 Å². The van der Waals surface area contributed by atoms with Crippen LogP contribution in [0.3, 0.4) is 0 Å². The fourth-order valence-electron chi connectivity index (χ4n) is 2.21. The van der Waals surface area contributed by atoms with Crippen LogP contribution in [-0.2, 0) is 6.54 Å². The van der Waals surface area contributed by atoms with Crippen molar-refractivity contribution < 1.29 is 4.79 Å². The van der Waals surface area contributed by atoms with E-state index in [0.29, 0.717) is 13.1 Å². The Balaban J connectivity index is 1.74. The summed E-state index contributed by atoms with van der Waals surface area (Å²) in [5.41, 5.74) is 2.79. The van der Waals surface area contributed by atoms with Crippen molar-refractivity contribution in [1.29, 1.82) is 0 Å². The fraction of sp³-hybridized carbons (Fsp3) is 0.176. The molecule has 0 fully saturated rings. The minimum atomic E-state index is -0.317. The Labute approximate surface area is 139 Å². The fourth-order valence-corrected chi connectivity index (χ4v) is 2.21. The topological polar surface area (TPSA) is 91.8 Å². The van der Waals surface area contributed by atoms with E-state index < -0.39 is 0 Å². The van der Waals surface area contributed by atoms with Gasteiger partial charge in [0.1, 0.15) is 0 Å². The molecule has 0 radical (unpaired) electrons. The van der Waals surface area contributed by atoms with Crippen molar-refractivity contribution in [2.75, 3.05) is 17.2 Å². The SMILES string of the molecule is CCNC(=O)Nc1ncc2ccc(NCc3cccnc3)cc2n1. The van der Waals surface area contributed by atoms with Crippen molar-refractivity contribution in [2.24, 2.45) is 0 Å². The van der Waals surface area contributed by atoms with Gasteiger partial charge in [-0.05, 0) is 36.8 Å². The van der Waals surface area contributed by atoms with Crippen LogP contribution in [0.4, 0.5) is 16.4 Å². The number of fused-ring (bicyclic) bond motifs is 1. The van der Waals surface area contributed by atoms with Crippen LogP contribution in [0.1, 0.15) is 12.5 Å². The van der Waals surface area contributed by atoms with Crippen LogP contribution in [0.2, 0.25) is 0 Å². The maximum absolute atomic E-state index is 11.6. The number of carbonyl (C=O) groups excluding carboxylic acids is 1. The largest absolute Gasteiger partial charge is 0.381 e. The molecule has 0 aliphatic heterocycles. The second-order valence-corrected chi connectivity index (χ2v) is 5.17. The van der Waals surface area contributed by atoms with Gasteiger partial charge in [-0.3, -0.25) is 10.3 Å². The number of hydrogen-bond acceptors (Lipinski definition) is 5. The van der Waals surface area contributed by atoms with Crippen molar-refractivity contribution in [3.8, 4) is 0 Å². The average Bonchev–Trinajstić information content (AvgIpc) is 2.60. The van der Waals surface area contributed by atoms with E-state index in [-0.39, 0.29) is 12.0 Å². The molecule has 3 N–H and O–H groups in total. The van der Waals surface area contributed by atoms with Gasteiger partial charge in [0.05, 0.1) is 5.52 Å². The summed E-state index contributed by atoms with van der Waals surface area (Å²) < 4.78 is 0. The van der Waals surface area contributed by atoms with Crippen LogP contribution in [0.25, 0.3) is 10.9 Å². The molecule has 2 aromatic heterocycles. The molecule has 24 heavy (non-hydrogen) atoms. The van der Waals surface area contributed by atoms with Gasteiger partial charge in [0.2, 0.25) is 5.95 Å². The third-order valence-electron chi connectivity index (χ3n) is 3.36. The van der Waals surface area contributed by atoms with Gasteiger partial charge in [0.15, 0.2) is 0 Å². The molecule has 2 amide bonds. The Bertz CT molecular complexity index is 837. The van der Waals surface area contributed by atoms with Crippen molar-refractivity contribution in [3.63, 3.8) is 0 Å². The van der Waals surface area contributed by atoms with E-state index in [1.807, 2.05) is 43.5 Å². The molecule has 0 unspecified atom stereocenters. The number of nitrogens with one attached hydrogen (secondary N) is 3. The lowest BCUT2D eigenvalue weighted by molar-refractivity contribution is 0.252. The molecule has 7 nitrogen and oxygen atoms in total. The number of pyridine rings is 1. The molecule has 0 saturated heterocycles. The lowest BCUT2D eigenvalue weighted by Crippen LogP contribution is -2.29. The zero-order chi connectivity index (χ0) is 16.8. The Morgan fingerprint density at radius 3 is 2.92 bits per heavy atom. The summed E-state index contributed by atoms with van der Waals surface area (Å²) >= 11 is 0. The monoisotopic (exact) mass is 322 g/mol. The minimum Gasteiger partial charge on any atom is -0.381 e. The lowest BCUT2D eigenvalue weighted by atomic mass is 10.2. The van der Waals surface area contributed by atoms with Gasteiger partial charge >= 0.3 is 6.03 Å². The molecule has 0 aliphatic carbocycles. The highest BCUT2D eigenvalue weighted by atomic mass is 16.2. The summed E-state index contributed by atoms with van der Waals surface area (Å²) in [7, 11) is 0. The number of anilines is 2. The zero-order valence-electron chi connectivity index (χ0n) is 13.3. The molecule has 0 saturated carbocycles. The van der Waals surface area contributed by atoms with E-state index in [1.165, 1.54) is 0 Å². The smallest absolute Gasteiger partial charge is 0.321 e. The predicted molar refractivity (Wildman–Crippen MR) is 93.8 cm³/mol. The summed E-state index contributed by atoms with van der Waals surface area (Å²) in [4.78, 5) is 24.2. The zero-order valence-corrected chi connectivity index (χ0v) is 13.3. The molecule has 3 rings (SSSR count). The van der Waals surface area contributed by atoms with E-state index in [4.69, 9.17) is 0 Å². The Morgan fingerprint density at radius 2 is 2.12 bits per heavy atom. The number of aromatic nitrogens is 3. The number of nitrogens with zero attached hydrogens (tertiary/aromatic N) is 3. The first-order valence-corrected chi connectivity index (χ1v) is 7.69. The Kier molecular flexibility index (Phi) is 4.81. The average molecular weight is 322 g/mol. The van der Waals surface area contributed by atoms with Crippen LogP contribution < -0.4 is 16.0 Å². The summed E-state index contributed by atoms with van der Waals surface area (Å²) in [5.74, 6) is 0.276. The second-order valence-electron chi connectivity index (χ2n) is 5.17. The Morgan fingerprint density at radius 1 is 1.21 bits per heavy atom. The van der Waals surface area contributed by atoms with Crippen LogP contribution in [-0.4, -0.2) is 27.5 Å². The molecular weight excluding hydrogens is 304 g/mol. The van der Waals surface area contributed by atoms with Gasteiger partial charge in [-0.25, -0.2) is 14.8 Å². The van der Waals surface area contributed by atoms with Gasteiger partial charge in [-0.2, -0.15) is 0 Å². The third-order valence-corrected chi connectivity index (χ3v) is 3.36. The molecule has 0 aliphatic rings. The highest BCUT2D eigenvalue weighted by Crippen LogP contribution is 2.18. The quantitative estimate of drug-likeness (QED) is 0.672. The molecule has 0 spiro atoms. The first-order valence-electron chi connectivity index (χ1n) is 7.69. The Hall–Kier alpha value is -3.22. The highest BCUT2D eigenvalue weighted by molar-refractivity contribution is 5.89. The number of benzene rings is 1. The molecule has 122 valence electrons. The first kappa shape index (κ1) is 15.7. The molecule has 1 aromatic carbocycles. The van der Waals surface area contributed by atoms with E-state index in [2.05, 4.69) is 30.9 Å². The summed E-state index contributed by atoms with van der Waals surface area (Å²) in [6.07, 6.45) is 5.26. The van der Waals surface area contributed by atoms with E-state index >= 15 is 0 Å². The lowest BCUT2D eigenvalue weighted by Gasteiger charge is -2.08. The minimum absolute atomic E-state index is 0.276. The van der Waals surface area contributed by atoms with Crippen LogP contribution in [0.5, 0.6) is 0 Å². The summed E-state index contributed by atoms with van der Waals surface area (Å²) in [5, 5.41) is 9.49. The van der Waals surface area contributed by atoms with Gasteiger partial charge in [-0.15, -0.1) is 0 Å². The first-order chi connectivity index (χ1) is 11.7. The van der Waals surface area contributed by atoms with E-state index in [1.54, 1.807) is 12.4 Å². The number of rotatable bonds is 5. The highest BCUT2D eigenvalue weighted by Gasteiger charge is 2.05. The second kappa shape index (κ2) is 7.36. The number of amides is 2. The normalized spacial score (nSPS) is 10.4. The van der Waals surface area contributed by atoms with E-state index in [9.17, 15) is 4.79 Å². The molecule has 0 atom stereocenters. The molecule has 0 bridgehead atoms. The van der Waals surface area contributed by atoms with Gasteiger partial charge in [0, 0.05) is 42.8 Å². The molecule has 3 aromatic rings. The van der Waals surface area contributed by atoms with Crippen molar-refractivity contribution in [1.82, 2.24) is 20.3 Å². The molecule has 2 heterocycles. The van der Waals surface area contributed by atoms with E-state index in [0.717, 1.165) is 22.2 Å². The number of urea groups is 1. The van der Waals surface area contributed by atoms with Gasteiger partial charge < -0.3 is 10.6 Å². The van der Waals surface area contributed by atoms with Crippen molar-refractivity contribution in [3.05, 3.63) is 54.5 Å². The summed E-state index contributed by atoms with van der Waals surface area (Å²) in [6, 6.07) is 9.44. The summed E-state index contributed by atoms with van der Waals surface area (Å²) in [6.45, 7) is 3.07. The standard InChI is InChI=1S/C17H18N6O/c1-2-19-17(24)23-16-21-11-13-5-6-14(8-15(13)22-16)20-10-12-4-3-7-18-9-12/h3-9,11,20H,2,10H2,1H3,(H2,19,21,22,23,24). The van der Waals surface area contributed by atoms with Crippen LogP contribution >= 0.6 is 0 Å². The van der Waals surface area contributed by atoms with Crippen molar-refractivity contribution in [2.45, 2.75) is 13.5 Å². The molecule has 7 heteroatoms. The third kappa shape index (κ3) is 3.95. The van der Waals surface area contributed by atoms with Crippen LogP contribution in [0.15, 0.2) is 48.9 Å². The van der Waals surface area contributed by atoms with Gasteiger partial charge in [-0.1, -0.05) is 6.07 Å². The maximum atomic E-state index is 11.6. The predicted octanol–water partition coefficient (Wildman–Crippen LogP) is 2.78. The maximum Gasteiger partial charge on any atom is 0.321 e. The van der Waals surface area contributed by atoms with Crippen molar-refractivity contribution >= 4 is 28.6 Å².